The molecule has 0 saturated carbocycles. The molecule has 1 aromatic rings. The smallest absolute Gasteiger partial charge is 0.288 e. The summed E-state index contributed by atoms with van der Waals surface area (Å²) in [6.45, 7) is 2.76. The first-order chi connectivity index (χ1) is 8.54. The number of rotatable bonds is 3. The lowest BCUT2D eigenvalue weighted by Gasteiger charge is -2.27. The average molecular weight is 271 g/mol. The van der Waals surface area contributed by atoms with E-state index in [4.69, 9.17) is 11.6 Å². The van der Waals surface area contributed by atoms with Gasteiger partial charge in [0.1, 0.15) is 5.02 Å². The van der Waals surface area contributed by atoms with Crippen molar-refractivity contribution in [3.63, 3.8) is 0 Å². The number of hydrogen-bond donors (Lipinski definition) is 1. The maximum Gasteiger partial charge on any atom is 0.288 e. The quantitative estimate of drug-likeness (QED) is 0.677. The molecule has 1 unspecified atom stereocenters. The number of anilines is 1. The first-order valence-corrected chi connectivity index (χ1v) is 6.24. The second kappa shape index (κ2) is 5.12. The molecule has 1 heterocycles. The summed E-state index contributed by atoms with van der Waals surface area (Å²) in [6, 6.07) is 3.20. The molecule has 1 atom stereocenters. The van der Waals surface area contributed by atoms with Crippen molar-refractivity contribution in [2.45, 2.75) is 25.8 Å². The van der Waals surface area contributed by atoms with Gasteiger partial charge in [-0.2, -0.15) is 0 Å². The monoisotopic (exact) mass is 270 g/mol. The third kappa shape index (κ3) is 2.28. The van der Waals surface area contributed by atoms with Crippen LogP contribution in [0.2, 0.25) is 5.02 Å². The molecule has 2 rings (SSSR count). The van der Waals surface area contributed by atoms with E-state index in [0.29, 0.717) is 0 Å². The van der Waals surface area contributed by atoms with Crippen LogP contribution in [-0.4, -0.2) is 29.2 Å². The minimum Gasteiger partial charge on any atom is -0.394 e. The highest BCUT2D eigenvalue weighted by atomic mass is 35.5. The number of nitro groups is 1. The Morgan fingerprint density at radius 2 is 2.33 bits per heavy atom. The second-order valence-electron chi connectivity index (χ2n) is 4.52. The lowest BCUT2D eigenvalue weighted by Crippen LogP contribution is -2.32. The predicted octanol–water partition coefficient (Wildman–Crippen LogP) is 2.52. The number of nitrogens with zero attached hydrogens (tertiary/aromatic N) is 2. The molecule has 0 aliphatic carbocycles. The SMILES string of the molecule is Cc1cc([N+](=O)[O-])c(Cl)cc1N1CCCC1CO. The highest BCUT2D eigenvalue weighted by Crippen LogP contribution is 2.35. The van der Waals surface area contributed by atoms with E-state index in [2.05, 4.69) is 4.90 Å². The van der Waals surface area contributed by atoms with Crippen LogP contribution < -0.4 is 4.90 Å². The van der Waals surface area contributed by atoms with Gasteiger partial charge in [0.05, 0.1) is 17.6 Å². The van der Waals surface area contributed by atoms with E-state index < -0.39 is 4.92 Å². The zero-order valence-electron chi connectivity index (χ0n) is 10.1. The molecular weight excluding hydrogens is 256 g/mol. The van der Waals surface area contributed by atoms with Crippen molar-refractivity contribution in [1.82, 2.24) is 0 Å². The first kappa shape index (κ1) is 13.1. The maximum absolute atomic E-state index is 10.8. The van der Waals surface area contributed by atoms with Crippen LogP contribution in [0, 0.1) is 17.0 Å². The Balaban J connectivity index is 2.40. The molecule has 0 spiro atoms. The van der Waals surface area contributed by atoms with Gasteiger partial charge in [0.15, 0.2) is 0 Å². The summed E-state index contributed by atoms with van der Waals surface area (Å²) in [7, 11) is 0. The number of aliphatic hydroxyl groups is 1. The number of aryl methyl sites for hydroxylation is 1. The van der Waals surface area contributed by atoms with Gasteiger partial charge in [-0.3, -0.25) is 10.1 Å². The Bertz CT molecular complexity index is 479. The highest BCUT2D eigenvalue weighted by molar-refractivity contribution is 6.33. The fraction of sp³-hybridized carbons (Fsp3) is 0.500. The zero-order valence-corrected chi connectivity index (χ0v) is 10.9. The van der Waals surface area contributed by atoms with E-state index in [0.717, 1.165) is 30.6 Å². The number of hydrogen-bond acceptors (Lipinski definition) is 4. The van der Waals surface area contributed by atoms with Gasteiger partial charge < -0.3 is 10.0 Å². The zero-order chi connectivity index (χ0) is 13.3. The van der Waals surface area contributed by atoms with Crippen LogP contribution in [0.25, 0.3) is 0 Å². The first-order valence-electron chi connectivity index (χ1n) is 5.86. The predicted molar refractivity (Wildman–Crippen MR) is 70.3 cm³/mol. The molecule has 1 aromatic carbocycles. The fourth-order valence-electron chi connectivity index (χ4n) is 2.45. The summed E-state index contributed by atoms with van der Waals surface area (Å²) in [5, 5.41) is 20.3. The minimum absolute atomic E-state index is 0.0716. The van der Waals surface area contributed by atoms with Crippen molar-refractivity contribution in [2.24, 2.45) is 0 Å². The Kier molecular flexibility index (Phi) is 3.73. The van der Waals surface area contributed by atoms with Crippen molar-refractivity contribution in [2.75, 3.05) is 18.1 Å². The highest BCUT2D eigenvalue weighted by Gasteiger charge is 2.27. The molecular formula is C12H15ClN2O3. The summed E-state index contributed by atoms with van der Waals surface area (Å²) >= 11 is 5.93. The summed E-state index contributed by atoms with van der Waals surface area (Å²) in [6.07, 6.45) is 1.95. The van der Waals surface area contributed by atoms with E-state index >= 15 is 0 Å². The van der Waals surface area contributed by atoms with E-state index in [-0.39, 0.29) is 23.4 Å². The molecule has 5 nitrogen and oxygen atoms in total. The van der Waals surface area contributed by atoms with Gasteiger partial charge in [0.25, 0.3) is 5.69 Å². The van der Waals surface area contributed by atoms with Gasteiger partial charge >= 0.3 is 0 Å². The van der Waals surface area contributed by atoms with Crippen LogP contribution in [0.4, 0.5) is 11.4 Å². The molecule has 1 aliphatic heterocycles. The minimum atomic E-state index is -0.480. The summed E-state index contributed by atoms with van der Waals surface area (Å²) in [5.41, 5.74) is 1.62. The molecule has 1 saturated heterocycles. The summed E-state index contributed by atoms with van der Waals surface area (Å²) in [5.74, 6) is 0. The molecule has 1 aliphatic rings. The van der Waals surface area contributed by atoms with E-state index in [1.165, 1.54) is 6.07 Å². The van der Waals surface area contributed by atoms with Crippen LogP contribution in [0.3, 0.4) is 0 Å². The summed E-state index contributed by atoms with van der Waals surface area (Å²) < 4.78 is 0. The normalized spacial score (nSPS) is 19.3. The Labute approximate surface area is 110 Å². The molecule has 0 aromatic heterocycles. The third-order valence-corrected chi connectivity index (χ3v) is 3.66. The van der Waals surface area contributed by atoms with Crippen LogP contribution in [-0.2, 0) is 0 Å². The van der Waals surface area contributed by atoms with Crippen molar-refractivity contribution in [1.29, 1.82) is 0 Å². The van der Waals surface area contributed by atoms with Crippen LogP contribution in [0.5, 0.6) is 0 Å². The maximum atomic E-state index is 10.8. The Morgan fingerprint density at radius 3 is 2.94 bits per heavy atom. The molecule has 98 valence electrons. The second-order valence-corrected chi connectivity index (χ2v) is 4.93. The number of halogens is 1. The molecule has 18 heavy (non-hydrogen) atoms. The molecule has 0 radical (unpaired) electrons. The van der Waals surface area contributed by atoms with Gasteiger partial charge in [-0.15, -0.1) is 0 Å². The molecule has 0 bridgehead atoms. The van der Waals surface area contributed by atoms with Crippen LogP contribution in [0.15, 0.2) is 12.1 Å². The van der Waals surface area contributed by atoms with Crippen LogP contribution >= 0.6 is 11.6 Å². The van der Waals surface area contributed by atoms with Crippen molar-refractivity contribution >= 4 is 23.0 Å². The lowest BCUT2D eigenvalue weighted by molar-refractivity contribution is -0.384. The molecule has 0 amide bonds. The van der Waals surface area contributed by atoms with Gasteiger partial charge in [-0.25, -0.2) is 0 Å². The average Bonchev–Trinajstić information content (AvgIpc) is 2.79. The van der Waals surface area contributed by atoms with Gasteiger partial charge in [0.2, 0.25) is 0 Å². The van der Waals surface area contributed by atoms with E-state index in [1.54, 1.807) is 6.07 Å². The Morgan fingerprint density at radius 1 is 1.61 bits per heavy atom. The fourth-order valence-corrected chi connectivity index (χ4v) is 2.67. The standard InChI is InChI=1S/C12H15ClN2O3/c1-8-5-12(15(17)18)10(13)6-11(8)14-4-2-3-9(14)7-16/h5-6,9,16H,2-4,7H2,1H3. The van der Waals surface area contributed by atoms with E-state index in [1.807, 2.05) is 6.92 Å². The largest absolute Gasteiger partial charge is 0.394 e. The number of nitro benzene ring substituents is 1. The van der Waals surface area contributed by atoms with Crippen molar-refractivity contribution in [3.05, 3.63) is 32.8 Å². The van der Waals surface area contributed by atoms with Crippen molar-refractivity contribution in [3.8, 4) is 0 Å². The number of benzene rings is 1. The lowest BCUT2D eigenvalue weighted by atomic mass is 10.1. The van der Waals surface area contributed by atoms with Crippen molar-refractivity contribution < 1.29 is 10.0 Å². The van der Waals surface area contributed by atoms with Crippen LogP contribution in [0.1, 0.15) is 18.4 Å². The van der Waals surface area contributed by atoms with Gasteiger partial charge in [0, 0.05) is 18.3 Å². The topological polar surface area (TPSA) is 66.6 Å². The van der Waals surface area contributed by atoms with Gasteiger partial charge in [-0.05, 0) is 31.4 Å². The Hall–Kier alpha value is -1.33. The third-order valence-electron chi connectivity index (χ3n) is 3.36. The molecule has 1 N–H and O–H groups in total. The molecule has 6 heteroatoms. The van der Waals surface area contributed by atoms with Gasteiger partial charge in [-0.1, -0.05) is 11.6 Å². The van der Waals surface area contributed by atoms with E-state index in [9.17, 15) is 15.2 Å². The number of aliphatic hydroxyl groups excluding tert-OH is 1. The molecule has 1 fully saturated rings. The summed E-state index contributed by atoms with van der Waals surface area (Å²) in [4.78, 5) is 12.4.